The van der Waals surface area contributed by atoms with Crippen LogP contribution in [-0.4, -0.2) is 19.2 Å². The summed E-state index contributed by atoms with van der Waals surface area (Å²) in [7, 11) is 1.84. The number of halogens is 2. The summed E-state index contributed by atoms with van der Waals surface area (Å²) in [6.45, 7) is 0. The van der Waals surface area contributed by atoms with Crippen LogP contribution in [0.3, 0.4) is 0 Å². The first-order chi connectivity index (χ1) is 10.2. The van der Waals surface area contributed by atoms with Gasteiger partial charge in [-0.25, -0.2) is 8.78 Å². The number of nitrogens with one attached hydrogen (secondary N) is 1. The van der Waals surface area contributed by atoms with E-state index in [-0.39, 0.29) is 12.1 Å². The third-order valence-electron chi connectivity index (χ3n) is 3.87. The van der Waals surface area contributed by atoms with Crippen molar-refractivity contribution in [3.8, 4) is 5.75 Å². The van der Waals surface area contributed by atoms with Crippen molar-refractivity contribution in [2.75, 3.05) is 7.05 Å². The molecule has 0 aromatic heterocycles. The van der Waals surface area contributed by atoms with E-state index in [9.17, 15) is 8.78 Å². The number of para-hydroxylation sites is 1. The van der Waals surface area contributed by atoms with E-state index < -0.39 is 11.6 Å². The summed E-state index contributed by atoms with van der Waals surface area (Å²) in [6, 6.07) is 11.6. The first kappa shape index (κ1) is 14.0. The SMILES string of the molecule is CNC(Cc1cc(F)cc(F)c1)C1Cc2ccccc2O1. The van der Waals surface area contributed by atoms with Crippen molar-refractivity contribution in [1.82, 2.24) is 5.32 Å². The molecule has 0 radical (unpaired) electrons. The highest BCUT2D eigenvalue weighted by molar-refractivity contribution is 5.38. The molecule has 21 heavy (non-hydrogen) atoms. The summed E-state index contributed by atoms with van der Waals surface area (Å²) in [5, 5.41) is 3.20. The molecule has 1 aliphatic rings. The van der Waals surface area contributed by atoms with Gasteiger partial charge in [-0.1, -0.05) is 18.2 Å². The van der Waals surface area contributed by atoms with Crippen molar-refractivity contribution in [1.29, 1.82) is 0 Å². The molecule has 4 heteroatoms. The van der Waals surface area contributed by atoms with Crippen molar-refractivity contribution in [2.45, 2.75) is 25.0 Å². The molecule has 0 amide bonds. The summed E-state index contributed by atoms with van der Waals surface area (Å²) >= 11 is 0. The van der Waals surface area contributed by atoms with Crippen LogP contribution in [-0.2, 0) is 12.8 Å². The fourth-order valence-electron chi connectivity index (χ4n) is 2.84. The molecule has 2 nitrogen and oxygen atoms in total. The van der Waals surface area contributed by atoms with Gasteiger partial charge in [0, 0.05) is 18.5 Å². The minimum atomic E-state index is -0.546. The van der Waals surface area contributed by atoms with Crippen LogP contribution >= 0.6 is 0 Å². The number of rotatable bonds is 4. The maximum absolute atomic E-state index is 13.3. The van der Waals surface area contributed by atoms with Crippen molar-refractivity contribution >= 4 is 0 Å². The quantitative estimate of drug-likeness (QED) is 0.934. The van der Waals surface area contributed by atoms with Gasteiger partial charge in [0.25, 0.3) is 0 Å². The average molecular weight is 289 g/mol. The van der Waals surface area contributed by atoms with E-state index in [0.29, 0.717) is 12.0 Å². The summed E-state index contributed by atoms with van der Waals surface area (Å²) in [5.74, 6) is -0.195. The van der Waals surface area contributed by atoms with E-state index in [2.05, 4.69) is 5.32 Å². The summed E-state index contributed by atoms with van der Waals surface area (Å²) in [5.41, 5.74) is 1.81. The number of fused-ring (bicyclic) bond motifs is 1. The number of hydrogen-bond donors (Lipinski definition) is 1. The molecule has 0 fully saturated rings. The van der Waals surface area contributed by atoms with Gasteiger partial charge in [-0.15, -0.1) is 0 Å². The predicted molar refractivity (Wildman–Crippen MR) is 77.5 cm³/mol. The molecule has 2 aromatic carbocycles. The minimum absolute atomic E-state index is 0.00130. The van der Waals surface area contributed by atoms with Crippen molar-refractivity contribution in [3.63, 3.8) is 0 Å². The summed E-state index contributed by atoms with van der Waals surface area (Å²) in [6.07, 6.45) is 1.29. The van der Waals surface area contributed by atoms with Crippen LogP contribution in [0.25, 0.3) is 0 Å². The van der Waals surface area contributed by atoms with E-state index >= 15 is 0 Å². The highest BCUT2D eigenvalue weighted by Gasteiger charge is 2.29. The molecule has 3 rings (SSSR count). The van der Waals surface area contributed by atoms with Crippen LogP contribution in [0, 0.1) is 11.6 Å². The lowest BCUT2D eigenvalue weighted by Crippen LogP contribution is -2.42. The third-order valence-corrected chi connectivity index (χ3v) is 3.87. The maximum atomic E-state index is 13.3. The second-order valence-corrected chi connectivity index (χ2v) is 5.35. The molecular weight excluding hydrogens is 272 g/mol. The number of likely N-dealkylation sites (N-methyl/N-ethyl adjacent to an activating group) is 1. The molecule has 1 heterocycles. The van der Waals surface area contributed by atoms with Crippen LogP contribution in [0.2, 0.25) is 0 Å². The highest BCUT2D eigenvalue weighted by Crippen LogP contribution is 2.30. The molecule has 1 aliphatic heterocycles. The van der Waals surface area contributed by atoms with Gasteiger partial charge in [-0.05, 0) is 42.8 Å². The summed E-state index contributed by atoms with van der Waals surface area (Å²) in [4.78, 5) is 0. The second-order valence-electron chi connectivity index (χ2n) is 5.35. The normalized spacial score (nSPS) is 18.1. The van der Waals surface area contributed by atoms with Gasteiger partial charge >= 0.3 is 0 Å². The van der Waals surface area contributed by atoms with Crippen LogP contribution in [0.5, 0.6) is 5.75 Å². The van der Waals surface area contributed by atoms with Crippen molar-refractivity contribution < 1.29 is 13.5 Å². The van der Waals surface area contributed by atoms with E-state index in [1.165, 1.54) is 17.7 Å². The first-order valence-corrected chi connectivity index (χ1v) is 7.02. The monoisotopic (exact) mass is 289 g/mol. The van der Waals surface area contributed by atoms with Gasteiger partial charge in [0.1, 0.15) is 23.5 Å². The van der Waals surface area contributed by atoms with Gasteiger partial charge in [0.15, 0.2) is 0 Å². The molecule has 0 saturated heterocycles. The van der Waals surface area contributed by atoms with E-state index in [1.807, 2.05) is 31.3 Å². The number of hydrogen-bond acceptors (Lipinski definition) is 2. The molecule has 0 spiro atoms. The second kappa shape index (κ2) is 5.82. The zero-order valence-electron chi connectivity index (χ0n) is 11.8. The molecule has 2 atom stereocenters. The smallest absolute Gasteiger partial charge is 0.126 e. The lowest BCUT2D eigenvalue weighted by atomic mass is 9.98. The Balaban J connectivity index is 1.75. The summed E-state index contributed by atoms with van der Waals surface area (Å²) < 4.78 is 32.5. The molecule has 110 valence electrons. The Morgan fingerprint density at radius 3 is 2.57 bits per heavy atom. The molecule has 0 bridgehead atoms. The van der Waals surface area contributed by atoms with Gasteiger partial charge in [-0.2, -0.15) is 0 Å². The fourth-order valence-corrected chi connectivity index (χ4v) is 2.84. The Bertz CT molecular complexity index is 599. The van der Waals surface area contributed by atoms with Crippen LogP contribution in [0.4, 0.5) is 8.78 Å². The highest BCUT2D eigenvalue weighted by atomic mass is 19.1. The Labute approximate surface area is 122 Å². The Hall–Kier alpha value is -1.94. The molecular formula is C17H17F2NO. The van der Waals surface area contributed by atoms with Crippen molar-refractivity contribution in [2.24, 2.45) is 0 Å². The van der Waals surface area contributed by atoms with Gasteiger partial charge < -0.3 is 10.1 Å². The number of ether oxygens (including phenoxy) is 1. The van der Waals surface area contributed by atoms with Gasteiger partial charge in [0.2, 0.25) is 0 Å². The zero-order chi connectivity index (χ0) is 14.8. The molecule has 2 unspecified atom stereocenters. The Kier molecular flexibility index (Phi) is 3.88. The van der Waals surface area contributed by atoms with Gasteiger partial charge in [-0.3, -0.25) is 0 Å². The maximum Gasteiger partial charge on any atom is 0.126 e. The molecule has 0 saturated carbocycles. The lowest BCUT2D eigenvalue weighted by Gasteiger charge is -2.23. The topological polar surface area (TPSA) is 21.3 Å². The first-order valence-electron chi connectivity index (χ1n) is 7.02. The van der Waals surface area contributed by atoms with Crippen molar-refractivity contribution in [3.05, 3.63) is 65.2 Å². The lowest BCUT2D eigenvalue weighted by molar-refractivity contribution is 0.182. The molecule has 0 aliphatic carbocycles. The fraction of sp³-hybridized carbons (Fsp3) is 0.294. The van der Waals surface area contributed by atoms with Crippen LogP contribution in [0.15, 0.2) is 42.5 Å². The predicted octanol–water partition coefficient (Wildman–Crippen LogP) is 3.10. The standard InChI is InChI=1S/C17H17F2NO/c1-20-15(8-11-6-13(18)10-14(19)7-11)17-9-12-4-2-3-5-16(12)21-17/h2-7,10,15,17,20H,8-9H2,1H3. The molecule has 2 aromatic rings. The van der Waals surface area contributed by atoms with E-state index in [0.717, 1.165) is 18.2 Å². The van der Waals surface area contributed by atoms with Crippen LogP contribution in [0.1, 0.15) is 11.1 Å². The Morgan fingerprint density at radius 1 is 1.19 bits per heavy atom. The zero-order valence-corrected chi connectivity index (χ0v) is 11.8. The van der Waals surface area contributed by atoms with Gasteiger partial charge in [0.05, 0.1) is 0 Å². The Morgan fingerprint density at radius 2 is 1.90 bits per heavy atom. The largest absolute Gasteiger partial charge is 0.488 e. The van der Waals surface area contributed by atoms with E-state index in [1.54, 1.807) is 0 Å². The minimum Gasteiger partial charge on any atom is -0.488 e. The van der Waals surface area contributed by atoms with Crippen LogP contribution < -0.4 is 10.1 Å². The number of benzene rings is 2. The van der Waals surface area contributed by atoms with E-state index in [4.69, 9.17) is 4.74 Å². The molecule has 1 N–H and O–H groups in total. The third kappa shape index (κ3) is 3.05. The average Bonchev–Trinajstić information content (AvgIpc) is 2.87.